The van der Waals surface area contributed by atoms with Crippen LogP contribution in [0.15, 0.2) is 24.3 Å². The van der Waals surface area contributed by atoms with Crippen molar-refractivity contribution in [1.29, 1.82) is 0 Å². The van der Waals surface area contributed by atoms with Gasteiger partial charge in [0, 0.05) is 43.2 Å². The van der Waals surface area contributed by atoms with Gasteiger partial charge in [-0.15, -0.1) is 0 Å². The predicted octanol–water partition coefficient (Wildman–Crippen LogP) is 2.80. The summed E-state index contributed by atoms with van der Waals surface area (Å²) < 4.78 is 0. The van der Waals surface area contributed by atoms with Crippen molar-refractivity contribution in [2.24, 2.45) is 5.92 Å². The number of anilines is 1. The van der Waals surface area contributed by atoms with E-state index in [4.69, 9.17) is 0 Å². The van der Waals surface area contributed by atoms with E-state index in [9.17, 15) is 14.4 Å². The Morgan fingerprint density at radius 3 is 2.31 bits per heavy atom. The van der Waals surface area contributed by atoms with Crippen molar-refractivity contribution < 1.29 is 14.4 Å². The molecule has 0 aliphatic carbocycles. The third-order valence-electron chi connectivity index (χ3n) is 4.72. The molecule has 0 atom stereocenters. The van der Waals surface area contributed by atoms with Crippen LogP contribution in [0.5, 0.6) is 0 Å². The van der Waals surface area contributed by atoms with Gasteiger partial charge in [-0.3, -0.25) is 14.4 Å². The fraction of sp³-hybridized carbons (Fsp3) is 0.550. The monoisotopic (exact) mass is 359 g/mol. The summed E-state index contributed by atoms with van der Waals surface area (Å²) in [6.07, 6.45) is 3.89. The fourth-order valence-corrected chi connectivity index (χ4v) is 3.01. The molecular formula is C20H29N3O3. The zero-order chi connectivity index (χ0) is 18.9. The number of nitrogens with one attached hydrogen (secondary N) is 2. The Kier molecular flexibility index (Phi) is 7.63. The smallest absolute Gasteiger partial charge is 0.253 e. The zero-order valence-corrected chi connectivity index (χ0v) is 15.7. The first kappa shape index (κ1) is 19.9. The predicted molar refractivity (Wildman–Crippen MR) is 102 cm³/mol. The van der Waals surface area contributed by atoms with E-state index >= 15 is 0 Å². The number of rotatable bonds is 7. The van der Waals surface area contributed by atoms with Crippen LogP contribution in [0.3, 0.4) is 0 Å². The lowest BCUT2D eigenvalue weighted by Crippen LogP contribution is -2.43. The van der Waals surface area contributed by atoms with E-state index in [1.165, 1.54) is 0 Å². The lowest BCUT2D eigenvalue weighted by molar-refractivity contribution is -0.126. The Bertz CT molecular complexity index is 620. The van der Waals surface area contributed by atoms with Crippen LogP contribution in [0.4, 0.5) is 5.69 Å². The van der Waals surface area contributed by atoms with Crippen LogP contribution >= 0.6 is 0 Å². The summed E-state index contributed by atoms with van der Waals surface area (Å²) in [7, 11) is 0. The average molecular weight is 359 g/mol. The van der Waals surface area contributed by atoms with E-state index in [-0.39, 0.29) is 23.6 Å². The van der Waals surface area contributed by atoms with Crippen LogP contribution in [0.2, 0.25) is 0 Å². The van der Waals surface area contributed by atoms with Crippen LogP contribution < -0.4 is 10.6 Å². The molecule has 0 radical (unpaired) electrons. The minimum absolute atomic E-state index is 0.00235. The maximum absolute atomic E-state index is 12.6. The van der Waals surface area contributed by atoms with Crippen LogP contribution in [0, 0.1) is 5.92 Å². The Labute approximate surface area is 155 Å². The van der Waals surface area contributed by atoms with Gasteiger partial charge in [0.1, 0.15) is 0 Å². The first-order valence-electron chi connectivity index (χ1n) is 9.52. The van der Waals surface area contributed by atoms with Gasteiger partial charge in [0.05, 0.1) is 0 Å². The number of amides is 3. The van der Waals surface area contributed by atoms with E-state index in [1.807, 2.05) is 0 Å². The minimum atomic E-state index is -0.0524. The maximum atomic E-state index is 12.6. The second kappa shape index (κ2) is 9.94. The van der Waals surface area contributed by atoms with E-state index in [1.54, 1.807) is 36.1 Å². The summed E-state index contributed by atoms with van der Waals surface area (Å²) in [6.45, 7) is 5.81. The summed E-state index contributed by atoms with van der Waals surface area (Å²) in [4.78, 5) is 37.9. The van der Waals surface area contributed by atoms with Gasteiger partial charge in [-0.05, 0) is 43.5 Å². The van der Waals surface area contributed by atoms with Gasteiger partial charge in [0.2, 0.25) is 11.8 Å². The Morgan fingerprint density at radius 2 is 1.73 bits per heavy atom. The number of carbonyl (C=O) groups excluding carboxylic acids is 3. The highest BCUT2D eigenvalue weighted by Crippen LogP contribution is 2.20. The van der Waals surface area contributed by atoms with Gasteiger partial charge in [-0.25, -0.2) is 0 Å². The molecule has 1 fully saturated rings. The second-order valence-corrected chi connectivity index (χ2v) is 6.69. The second-order valence-electron chi connectivity index (χ2n) is 6.69. The van der Waals surface area contributed by atoms with Gasteiger partial charge >= 0.3 is 0 Å². The maximum Gasteiger partial charge on any atom is 0.253 e. The average Bonchev–Trinajstić information content (AvgIpc) is 2.68. The Hall–Kier alpha value is -2.37. The number of hydrogen-bond acceptors (Lipinski definition) is 3. The first-order chi connectivity index (χ1) is 12.5. The normalized spacial score (nSPS) is 14.8. The molecule has 1 heterocycles. The zero-order valence-electron chi connectivity index (χ0n) is 15.7. The molecule has 6 nitrogen and oxygen atoms in total. The van der Waals surface area contributed by atoms with Crippen LogP contribution in [-0.2, 0) is 9.59 Å². The van der Waals surface area contributed by atoms with Gasteiger partial charge in [-0.2, -0.15) is 0 Å². The van der Waals surface area contributed by atoms with Crippen molar-refractivity contribution in [1.82, 2.24) is 10.2 Å². The fourth-order valence-electron chi connectivity index (χ4n) is 3.01. The Balaban J connectivity index is 1.84. The largest absolute Gasteiger partial charge is 0.356 e. The van der Waals surface area contributed by atoms with Crippen LogP contribution in [0.25, 0.3) is 0 Å². The summed E-state index contributed by atoms with van der Waals surface area (Å²) in [5.74, 6) is 0.0377. The number of carbonyl (C=O) groups is 3. The first-order valence-corrected chi connectivity index (χ1v) is 9.52. The molecular weight excluding hydrogens is 330 g/mol. The molecule has 26 heavy (non-hydrogen) atoms. The lowest BCUT2D eigenvalue weighted by atomic mass is 9.95. The highest BCUT2D eigenvalue weighted by atomic mass is 16.2. The van der Waals surface area contributed by atoms with Gasteiger partial charge < -0.3 is 15.5 Å². The Morgan fingerprint density at radius 1 is 1.08 bits per heavy atom. The molecule has 0 spiro atoms. The number of benzene rings is 1. The standard InChI is InChI=1S/C20H29N3O3/c1-3-5-12-21-19(25)15-10-13-23(14-11-15)20(26)16-6-8-17(9-7-16)22-18(24)4-2/h6-9,15H,3-5,10-14H2,1-2H3,(H,21,25)(H,22,24). The summed E-state index contributed by atoms with van der Waals surface area (Å²) in [6, 6.07) is 6.96. The van der Waals surface area contributed by atoms with Crippen molar-refractivity contribution in [3.05, 3.63) is 29.8 Å². The van der Waals surface area contributed by atoms with Crippen LogP contribution in [-0.4, -0.2) is 42.3 Å². The lowest BCUT2D eigenvalue weighted by Gasteiger charge is -2.31. The molecule has 0 bridgehead atoms. The van der Waals surface area contributed by atoms with E-state index in [0.717, 1.165) is 19.4 Å². The molecule has 142 valence electrons. The summed E-state index contributed by atoms with van der Waals surface area (Å²) in [5.41, 5.74) is 1.29. The van der Waals surface area contributed by atoms with Crippen molar-refractivity contribution in [2.45, 2.75) is 46.0 Å². The van der Waals surface area contributed by atoms with Crippen molar-refractivity contribution >= 4 is 23.4 Å². The summed E-state index contributed by atoms with van der Waals surface area (Å²) in [5, 5.41) is 5.75. The van der Waals surface area contributed by atoms with Crippen LogP contribution in [0.1, 0.15) is 56.3 Å². The molecule has 1 saturated heterocycles. The molecule has 0 aromatic heterocycles. The molecule has 0 unspecified atom stereocenters. The highest BCUT2D eigenvalue weighted by molar-refractivity contribution is 5.96. The third kappa shape index (κ3) is 5.58. The number of piperidine rings is 1. The third-order valence-corrected chi connectivity index (χ3v) is 4.72. The van der Waals surface area contributed by atoms with Crippen molar-refractivity contribution in [3.63, 3.8) is 0 Å². The number of unbranched alkanes of at least 4 members (excludes halogenated alkanes) is 1. The number of likely N-dealkylation sites (tertiary alicyclic amines) is 1. The molecule has 0 saturated carbocycles. The topological polar surface area (TPSA) is 78.5 Å². The van der Waals surface area contributed by atoms with Gasteiger partial charge in [0.15, 0.2) is 0 Å². The number of nitrogens with zero attached hydrogens (tertiary/aromatic N) is 1. The van der Waals surface area contributed by atoms with Gasteiger partial charge in [0.25, 0.3) is 5.91 Å². The van der Waals surface area contributed by atoms with E-state index < -0.39 is 0 Å². The minimum Gasteiger partial charge on any atom is -0.356 e. The molecule has 1 aromatic carbocycles. The van der Waals surface area contributed by atoms with Crippen molar-refractivity contribution in [3.8, 4) is 0 Å². The molecule has 6 heteroatoms. The highest BCUT2D eigenvalue weighted by Gasteiger charge is 2.27. The molecule has 2 rings (SSSR count). The van der Waals surface area contributed by atoms with Gasteiger partial charge in [-0.1, -0.05) is 20.3 Å². The molecule has 1 aliphatic rings. The molecule has 3 amide bonds. The quantitative estimate of drug-likeness (QED) is 0.735. The van der Waals surface area contributed by atoms with E-state index in [0.29, 0.717) is 43.6 Å². The SMILES string of the molecule is CCCCNC(=O)C1CCN(C(=O)c2ccc(NC(=O)CC)cc2)CC1. The molecule has 1 aliphatic heterocycles. The number of hydrogen-bond donors (Lipinski definition) is 2. The molecule has 1 aromatic rings. The van der Waals surface area contributed by atoms with Crippen molar-refractivity contribution in [2.75, 3.05) is 25.0 Å². The van der Waals surface area contributed by atoms with E-state index in [2.05, 4.69) is 17.6 Å². The summed E-state index contributed by atoms with van der Waals surface area (Å²) >= 11 is 0. The molecule has 2 N–H and O–H groups in total.